The van der Waals surface area contributed by atoms with Gasteiger partial charge in [0.05, 0.1) is 13.7 Å². The van der Waals surface area contributed by atoms with Gasteiger partial charge in [0, 0.05) is 36.4 Å². The SMILES string of the molecule is COc1ccccc1CN(C)CC(=O)Nc1ccc(N2CCCC2=O)cc1. The Kier molecular flexibility index (Phi) is 6.08. The Labute approximate surface area is 159 Å². The highest BCUT2D eigenvalue weighted by atomic mass is 16.5. The number of anilines is 2. The lowest BCUT2D eigenvalue weighted by Gasteiger charge is -2.18. The molecule has 27 heavy (non-hydrogen) atoms. The Hall–Kier alpha value is -2.86. The van der Waals surface area contributed by atoms with Crippen LogP contribution in [0.5, 0.6) is 5.75 Å². The van der Waals surface area contributed by atoms with Gasteiger partial charge in [-0.3, -0.25) is 14.5 Å². The smallest absolute Gasteiger partial charge is 0.238 e. The van der Waals surface area contributed by atoms with Crippen LogP contribution in [-0.4, -0.2) is 44.0 Å². The molecule has 2 aromatic rings. The number of rotatable bonds is 7. The second-order valence-corrected chi connectivity index (χ2v) is 6.73. The Morgan fingerprint density at radius 1 is 1.19 bits per heavy atom. The minimum absolute atomic E-state index is 0.0857. The Morgan fingerprint density at radius 2 is 1.93 bits per heavy atom. The Bertz CT molecular complexity index is 805. The van der Waals surface area contributed by atoms with Crippen LogP contribution in [0.1, 0.15) is 18.4 Å². The van der Waals surface area contributed by atoms with Gasteiger partial charge in [0.25, 0.3) is 0 Å². The van der Waals surface area contributed by atoms with E-state index in [0.29, 0.717) is 13.0 Å². The van der Waals surface area contributed by atoms with Crippen LogP contribution in [0.2, 0.25) is 0 Å². The fourth-order valence-electron chi connectivity index (χ4n) is 3.27. The monoisotopic (exact) mass is 367 g/mol. The summed E-state index contributed by atoms with van der Waals surface area (Å²) in [5, 5.41) is 2.90. The molecule has 0 spiro atoms. The lowest BCUT2D eigenvalue weighted by molar-refractivity contribution is -0.117. The number of hydrogen-bond donors (Lipinski definition) is 1. The van der Waals surface area contributed by atoms with E-state index in [-0.39, 0.29) is 18.4 Å². The van der Waals surface area contributed by atoms with Crippen LogP contribution >= 0.6 is 0 Å². The summed E-state index contributed by atoms with van der Waals surface area (Å²) in [6.45, 7) is 1.65. The van der Waals surface area contributed by atoms with Gasteiger partial charge >= 0.3 is 0 Å². The van der Waals surface area contributed by atoms with Crippen LogP contribution in [0.3, 0.4) is 0 Å². The van der Waals surface area contributed by atoms with Gasteiger partial charge in [-0.25, -0.2) is 0 Å². The second-order valence-electron chi connectivity index (χ2n) is 6.73. The first kappa shape index (κ1) is 18.9. The maximum atomic E-state index is 12.3. The molecule has 0 saturated carbocycles. The normalized spacial score (nSPS) is 13.9. The quantitative estimate of drug-likeness (QED) is 0.817. The van der Waals surface area contributed by atoms with Crippen molar-refractivity contribution in [1.29, 1.82) is 0 Å². The molecule has 0 atom stereocenters. The number of nitrogens with one attached hydrogen (secondary N) is 1. The Morgan fingerprint density at radius 3 is 2.59 bits per heavy atom. The third-order valence-corrected chi connectivity index (χ3v) is 4.58. The molecule has 1 N–H and O–H groups in total. The number of para-hydroxylation sites is 1. The molecule has 1 saturated heterocycles. The highest BCUT2D eigenvalue weighted by Crippen LogP contribution is 2.23. The van der Waals surface area contributed by atoms with E-state index in [4.69, 9.17) is 4.74 Å². The third-order valence-electron chi connectivity index (χ3n) is 4.58. The minimum Gasteiger partial charge on any atom is -0.496 e. The molecular formula is C21H25N3O3. The van der Waals surface area contributed by atoms with Gasteiger partial charge in [-0.1, -0.05) is 18.2 Å². The highest BCUT2D eigenvalue weighted by molar-refractivity contribution is 5.96. The van der Waals surface area contributed by atoms with Crippen molar-refractivity contribution in [2.24, 2.45) is 0 Å². The molecular weight excluding hydrogens is 342 g/mol. The number of methoxy groups -OCH3 is 1. The first-order valence-electron chi connectivity index (χ1n) is 9.07. The van der Waals surface area contributed by atoms with E-state index in [9.17, 15) is 9.59 Å². The number of amides is 2. The molecule has 0 unspecified atom stereocenters. The van der Waals surface area contributed by atoms with Crippen molar-refractivity contribution < 1.29 is 14.3 Å². The summed E-state index contributed by atoms with van der Waals surface area (Å²) < 4.78 is 5.35. The minimum atomic E-state index is -0.0857. The van der Waals surface area contributed by atoms with E-state index >= 15 is 0 Å². The van der Waals surface area contributed by atoms with Gasteiger partial charge in [0.15, 0.2) is 0 Å². The van der Waals surface area contributed by atoms with Crippen LogP contribution < -0.4 is 15.0 Å². The van der Waals surface area contributed by atoms with Crippen LogP contribution in [0.25, 0.3) is 0 Å². The Balaban J connectivity index is 1.53. The van der Waals surface area contributed by atoms with Gasteiger partial charge in [0.2, 0.25) is 11.8 Å². The van der Waals surface area contributed by atoms with E-state index in [2.05, 4.69) is 5.32 Å². The molecule has 1 aliphatic heterocycles. The van der Waals surface area contributed by atoms with Crippen molar-refractivity contribution in [2.75, 3.05) is 37.5 Å². The highest BCUT2D eigenvalue weighted by Gasteiger charge is 2.21. The zero-order valence-corrected chi connectivity index (χ0v) is 15.8. The van der Waals surface area contributed by atoms with Crippen molar-refractivity contribution >= 4 is 23.2 Å². The van der Waals surface area contributed by atoms with Crippen molar-refractivity contribution in [3.63, 3.8) is 0 Å². The zero-order chi connectivity index (χ0) is 19.2. The number of carbonyl (C=O) groups is 2. The average Bonchev–Trinajstić information content (AvgIpc) is 3.08. The molecule has 6 heteroatoms. The van der Waals surface area contributed by atoms with Gasteiger partial charge < -0.3 is 15.0 Å². The molecule has 0 aliphatic carbocycles. The lowest BCUT2D eigenvalue weighted by atomic mass is 10.2. The molecule has 6 nitrogen and oxygen atoms in total. The molecule has 2 aromatic carbocycles. The van der Waals surface area contributed by atoms with Gasteiger partial charge in [-0.15, -0.1) is 0 Å². The summed E-state index contributed by atoms with van der Waals surface area (Å²) in [5.41, 5.74) is 2.64. The van der Waals surface area contributed by atoms with Crippen LogP contribution in [-0.2, 0) is 16.1 Å². The molecule has 1 aliphatic rings. The fourth-order valence-corrected chi connectivity index (χ4v) is 3.27. The average molecular weight is 367 g/mol. The first-order chi connectivity index (χ1) is 13.1. The summed E-state index contributed by atoms with van der Waals surface area (Å²) in [6.07, 6.45) is 1.51. The number of carbonyl (C=O) groups excluding carboxylic acids is 2. The molecule has 142 valence electrons. The number of nitrogens with zero attached hydrogens (tertiary/aromatic N) is 2. The summed E-state index contributed by atoms with van der Waals surface area (Å²) in [7, 11) is 3.54. The van der Waals surface area contributed by atoms with E-state index < -0.39 is 0 Å². The van der Waals surface area contributed by atoms with Crippen molar-refractivity contribution in [3.05, 3.63) is 54.1 Å². The number of ether oxygens (including phenoxy) is 1. The van der Waals surface area contributed by atoms with Gasteiger partial charge in [0.1, 0.15) is 5.75 Å². The van der Waals surface area contributed by atoms with E-state index in [1.54, 1.807) is 12.0 Å². The topological polar surface area (TPSA) is 61.9 Å². The summed E-state index contributed by atoms with van der Waals surface area (Å²) in [4.78, 5) is 27.8. The van der Waals surface area contributed by atoms with Gasteiger partial charge in [-0.05, 0) is 43.8 Å². The van der Waals surface area contributed by atoms with Crippen LogP contribution in [0, 0.1) is 0 Å². The number of benzene rings is 2. The lowest BCUT2D eigenvalue weighted by Crippen LogP contribution is -2.30. The standard InChI is InChI=1S/C21H25N3O3/c1-23(14-16-6-3-4-7-19(16)27-2)15-20(25)22-17-9-11-18(12-10-17)24-13-5-8-21(24)26/h3-4,6-7,9-12H,5,8,13-15H2,1-2H3,(H,22,25). The summed E-state index contributed by atoms with van der Waals surface area (Å²) in [6, 6.07) is 15.2. The van der Waals surface area contributed by atoms with Crippen LogP contribution in [0.4, 0.5) is 11.4 Å². The number of hydrogen-bond acceptors (Lipinski definition) is 4. The third kappa shape index (κ3) is 4.86. The maximum absolute atomic E-state index is 12.3. The molecule has 0 bridgehead atoms. The molecule has 2 amide bonds. The van der Waals surface area contributed by atoms with Crippen molar-refractivity contribution in [3.8, 4) is 5.75 Å². The second kappa shape index (κ2) is 8.68. The fraction of sp³-hybridized carbons (Fsp3) is 0.333. The summed E-state index contributed by atoms with van der Waals surface area (Å²) in [5.74, 6) is 0.888. The molecule has 3 rings (SSSR count). The largest absolute Gasteiger partial charge is 0.496 e. The molecule has 1 fully saturated rings. The zero-order valence-electron chi connectivity index (χ0n) is 15.8. The van der Waals surface area contributed by atoms with Crippen molar-refractivity contribution in [1.82, 2.24) is 4.90 Å². The van der Waals surface area contributed by atoms with E-state index in [1.807, 2.05) is 60.5 Å². The summed E-state index contributed by atoms with van der Waals surface area (Å²) >= 11 is 0. The number of likely N-dealkylation sites (N-methyl/N-ethyl adjacent to an activating group) is 1. The van der Waals surface area contributed by atoms with E-state index in [0.717, 1.165) is 35.7 Å². The predicted molar refractivity (Wildman–Crippen MR) is 106 cm³/mol. The van der Waals surface area contributed by atoms with Crippen LogP contribution in [0.15, 0.2) is 48.5 Å². The molecule has 1 heterocycles. The van der Waals surface area contributed by atoms with Gasteiger partial charge in [-0.2, -0.15) is 0 Å². The maximum Gasteiger partial charge on any atom is 0.238 e. The first-order valence-corrected chi connectivity index (χ1v) is 9.07. The predicted octanol–water partition coefficient (Wildman–Crippen LogP) is 2.89. The van der Waals surface area contributed by atoms with E-state index in [1.165, 1.54) is 0 Å². The molecule has 0 radical (unpaired) electrons. The van der Waals surface area contributed by atoms with Crippen molar-refractivity contribution in [2.45, 2.75) is 19.4 Å². The molecule has 0 aromatic heterocycles.